The van der Waals surface area contributed by atoms with E-state index in [-0.39, 0.29) is 24.0 Å². The number of halogens is 2. The summed E-state index contributed by atoms with van der Waals surface area (Å²) >= 11 is 6.86. The molecule has 0 fully saturated rings. The van der Waals surface area contributed by atoms with E-state index in [0.717, 1.165) is 75.2 Å². The molecule has 0 radical (unpaired) electrons. The first kappa shape index (κ1) is 48.7. The van der Waals surface area contributed by atoms with Crippen LogP contribution in [0.2, 0.25) is 0 Å². The molecule has 6 aromatic heterocycles. The van der Waals surface area contributed by atoms with E-state index in [1.165, 1.54) is 58.3 Å². The Bertz CT molecular complexity index is 4800. The zero-order chi connectivity index (χ0) is 50.9. The van der Waals surface area contributed by atoms with Gasteiger partial charge in [-0.05, 0) is 108 Å². The van der Waals surface area contributed by atoms with Crippen LogP contribution in [0.5, 0.6) is 0 Å². The number of hydrogen-bond donors (Lipinski definition) is 2. The Hall–Kier alpha value is -7.89. The summed E-state index contributed by atoms with van der Waals surface area (Å²) < 4.78 is 8.03. The molecule has 0 amide bonds. The van der Waals surface area contributed by atoms with Gasteiger partial charge in [-0.2, -0.15) is 0 Å². The molecule has 0 bridgehead atoms. The van der Waals surface area contributed by atoms with Crippen molar-refractivity contribution in [1.82, 2.24) is 29.1 Å². The molecule has 10 aromatic carbocycles. The molecule has 0 saturated carbocycles. The minimum absolute atomic E-state index is 0. The molecule has 368 valence electrons. The molecule has 77 heavy (non-hydrogen) atoms. The molecule has 0 unspecified atom stereocenters. The van der Waals surface area contributed by atoms with Gasteiger partial charge in [-0.1, -0.05) is 155 Å². The average Bonchev–Trinajstić information content (AvgIpc) is 4.25. The Morgan fingerprint density at radius 2 is 0.740 bits per heavy atom. The number of rotatable bonds is 4. The highest BCUT2D eigenvalue weighted by molar-refractivity contribution is 14.0. The number of nitrogens with zero attached hydrogens (tertiary/aromatic N) is 6. The fraction of sp³-hybridized carbons (Fsp3) is 0. The van der Waals surface area contributed by atoms with Crippen LogP contribution in [-0.2, 0) is 0 Å². The molecule has 13 heteroatoms. The number of aromatic nitrogens is 6. The van der Waals surface area contributed by atoms with Gasteiger partial charge in [-0.3, -0.25) is 0 Å². The third-order valence-corrected chi connectivity index (χ3v) is 16.6. The molecular weight excluding hydrogens is 1170 g/mol. The van der Waals surface area contributed by atoms with E-state index >= 15 is 0 Å². The maximum Gasteiger partial charge on any atom is 0.488 e. The van der Waals surface area contributed by atoms with Crippen LogP contribution in [0.15, 0.2) is 235 Å². The van der Waals surface area contributed by atoms with Gasteiger partial charge in [0, 0.05) is 57.6 Å². The maximum absolute atomic E-state index is 9.24. The lowest BCUT2D eigenvalue weighted by Gasteiger charge is -2.10. The molecule has 8 nitrogen and oxygen atoms in total. The third-order valence-electron chi connectivity index (χ3n) is 14.0. The van der Waals surface area contributed by atoms with Crippen LogP contribution in [0.4, 0.5) is 0 Å². The van der Waals surface area contributed by atoms with E-state index in [2.05, 4.69) is 177 Å². The van der Waals surface area contributed by atoms with Crippen molar-refractivity contribution in [1.29, 1.82) is 0 Å². The molecular formula is C64H41BBrIN6O2S2. The molecule has 0 aliphatic heterocycles. The summed E-state index contributed by atoms with van der Waals surface area (Å²) in [5.74, 6) is 0. The summed E-state index contributed by atoms with van der Waals surface area (Å²) in [6.45, 7) is 0. The summed E-state index contributed by atoms with van der Waals surface area (Å²) in [5.41, 5.74) is 15.4. The molecule has 2 N–H and O–H groups in total. The summed E-state index contributed by atoms with van der Waals surface area (Å²) in [6.07, 6.45) is 0. The van der Waals surface area contributed by atoms with Gasteiger partial charge in [0.2, 0.25) is 0 Å². The predicted octanol–water partition coefficient (Wildman–Crippen LogP) is 16.6. The van der Waals surface area contributed by atoms with Crippen molar-refractivity contribution in [2.24, 2.45) is 0 Å². The monoisotopic (exact) mass is 1210 g/mol. The smallest absolute Gasteiger partial charge is 0.423 e. The van der Waals surface area contributed by atoms with Gasteiger partial charge >= 0.3 is 7.12 Å². The van der Waals surface area contributed by atoms with Crippen LogP contribution in [0.3, 0.4) is 0 Å². The van der Waals surface area contributed by atoms with Crippen LogP contribution in [0.1, 0.15) is 0 Å². The van der Waals surface area contributed by atoms with Crippen molar-refractivity contribution in [3.05, 3.63) is 235 Å². The number of fused-ring (bicyclic) bond motifs is 14. The van der Waals surface area contributed by atoms with Crippen LogP contribution < -0.4 is 5.46 Å². The second kappa shape index (κ2) is 20.2. The highest BCUT2D eigenvalue weighted by atomic mass is 127. The summed E-state index contributed by atoms with van der Waals surface area (Å²) in [4.78, 5) is 21.4. The highest BCUT2D eigenvalue weighted by Crippen LogP contribution is 2.37. The summed E-state index contributed by atoms with van der Waals surface area (Å²) in [6, 6.07) is 79.0. The molecule has 16 rings (SSSR count). The van der Waals surface area contributed by atoms with Gasteiger partial charge in [-0.25, -0.2) is 19.9 Å². The number of thiophene rings is 2. The van der Waals surface area contributed by atoms with E-state index < -0.39 is 7.12 Å². The normalized spacial score (nSPS) is 11.5. The van der Waals surface area contributed by atoms with E-state index in [1.807, 2.05) is 66.7 Å². The Balaban J connectivity index is 0.000000118. The van der Waals surface area contributed by atoms with Crippen molar-refractivity contribution in [2.75, 3.05) is 0 Å². The molecule has 16 aromatic rings. The standard InChI is InChI=1S/C32H19N3S.C18H14BNO2.C14H7BrN2S.HI/c1-4-10-28-23(7-1)24-8-2-5-11-29(24)35(28)22-16-13-20(14-17-22)21-15-18-26-27(19-21)34-32-31(33-26)25-9-3-6-12-30(25)36-32;21-19(22)13-9-11-14(12-10-13)20-17-7-3-1-5-15(17)16-6-2-4-8-18(16)20;15-8-5-6-10-11(7-8)17-14-13(16-10)9-3-1-2-4-12(9)18-14;/h1-19H;1-12,21-22H;1-7H;1H. The topological polar surface area (TPSA) is 102 Å². The Labute approximate surface area is 474 Å². The first-order valence-corrected chi connectivity index (χ1v) is 27.2. The minimum Gasteiger partial charge on any atom is -0.423 e. The zero-order valence-electron chi connectivity index (χ0n) is 40.7. The van der Waals surface area contributed by atoms with Crippen LogP contribution in [-0.4, -0.2) is 46.2 Å². The predicted molar refractivity (Wildman–Crippen MR) is 338 cm³/mol. The van der Waals surface area contributed by atoms with Gasteiger partial charge in [0.15, 0.2) is 0 Å². The molecule has 0 atom stereocenters. The second-order valence-electron chi connectivity index (χ2n) is 18.5. The number of hydrogen-bond acceptors (Lipinski definition) is 8. The van der Waals surface area contributed by atoms with Gasteiger partial charge in [0.25, 0.3) is 0 Å². The van der Waals surface area contributed by atoms with Crippen molar-refractivity contribution in [3.63, 3.8) is 0 Å². The number of para-hydroxylation sites is 4. The van der Waals surface area contributed by atoms with Crippen molar-refractivity contribution in [2.45, 2.75) is 0 Å². The minimum atomic E-state index is -1.44. The van der Waals surface area contributed by atoms with E-state index in [0.29, 0.717) is 5.46 Å². The zero-order valence-corrected chi connectivity index (χ0v) is 46.2. The van der Waals surface area contributed by atoms with Crippen molar-refractivity contribution in [3.8, 4) is 22.5 Å². The Kier molecular flexibility index (Phi) is 12.8. The Morgan fingerprint density at radius 1 is 0.364 bits per heavy atom. The maximum atomic E-state index is 9.24. The lowest BCUT2D eigenvalue weighted by Crippen LogP contribution is -2.29. The highest BCUT2D eigenvalue weighted by Gasteiger charge is 2.16. The average molecular weight is 1210 g/mol. The van der Waals surface area contributed by atoms with Gasteiger partial charge < -0.3 is 19.2 Å². The van der Waals surface area contributed by atoms with E-state index in [4.69, 9.17) is 19.9 Å². The van der Waals surface area contributed by atoms with Crippen molar-refractivity contribution >= 4 is 182 Å². The lowest BCUT2D eigenvalue weighted by atomic mass is 9.80. The van der Waals surface area contributed by atoms with E-state index in [1.54, 1.807) is 34.8 Å². The van der Waals surface area contributed by atoms with E-state index in [9.17, 15) is 10.0 Å². The van der Waals surface area contributed by atoms with Gasteiger partial charge in [0.1, 0.15) is 20.7 Å². The Morgan fingerprint density at radius 3 is 1.19 bits per heavy atom. The quantitative estimate of drug-likeness (QED) is 0.134. The van der Waals surface area contributed by atoms with Crippen LogP contribution in [0.25, 0.3) is 129 Å². The first-order chi connectivity index (χ1) is 37.4. The molecule has 0 aliphatic rings. The fourth-order valence-electron chi connectivity index (χ4n) is 10.4. The van der Waals surface area contributed by atoms with Crippen LogP contribution >= 0.6 is 62.6 Å². The van der Waals surface area contributed by atoms with Crippen LogP contribution in [0, 0.1) is 0 Å². The largest absolute Gasteiger partial charge is 0.488 e. The molecule has 0 spiro atoms. The van der Waals surface area contributed by atoms with Gasteiger partial charge in [-0.15, -0.1) is 46.7 Å². The summed E-state index contributed by atoms with van der Waals surface area (Å²) in [5, 5.41) is 25.8. The summed E-state index contributed by atoms with van der Waals surface area (Å²) in [7, 11) is -1.44. The third kappa shape index (κ3) is 8.78. The second-order valence-corrected chi connectivity index (χ2v) is 21.5. The first-order valence-electron chi connectivity index (χ1n) is 24.8. The molecule has 6 heterocycles. The van der Waals surface area contributed by atoms with Crippen molar-refractivity contribution < 1.29 is 10.0 Å². The lowest BCUT2D eigenvalue weighted by molar-refractivity contribution is 0.426. The number of benzene rings is 10. The fourth-order valence-corrected chi connectivity index (χ4v) is 12.8. The van der Waals surface area contributed by atoms with Gasteiger partial charge in [0.05, 0.1) is 44.1 Å². The molecule has 0 saturated heterocycles. The SMILES string of the molecule is Brc1ccc2nc3c(nc2c1)sc1ccccc13.I.OB(O)c1ccc(-n2c3ccccc3c3ccccc32)cc1.c1ccc2c(c1)sc1nc3cc(-c4ccc(-n5c6ccccc6c6ccccc65)cc4)ccc3nc12. The molecule has 0 aliphatic carbocycles.